The molecule has 3 fully saturated rings. The fraction of sp³-hybridized carbons (Fsp3) is 0.576. The Labute approximate surface area is 247 Å². The highest BCUT2D eigenvalue weighted by atomic mass is 19.4. The van der Waals surface area contributed by atoms with Crippen molar-refractivity contribution in [1.82, 2.24) is 4.90 Å². The van der Waals surface area contributed by atoms with E-state index in [0.717, 1.165) is 70.8 Å². The summed E-state index contributed by atoms with van der Waals surface area (Å²) in [6.45, 7) is 10.6. The van der Waals surface area contributed by atoms with Gasteiger partial charge in [0, 0.05) is 50.6 Å². The number of likely N-dealkylation sites (tertiary alicyclic amines) is 1. The Bertz CT molecular complexity index is 1290. The van der Waals surface area contributed by atoms with Gasteiger partial charge >= 0.3 is 12.3 Å². The molecule has 3 aliphatic rings. The molecule has 42 heavy (non-hydrogen) atoms. The first-order chi connectivity index (χ1) is 19.9. The van der Waals surface area contributed by atoms with Gasteiger partial charge in [-0.1, -0.05) is 12.1 Å². The van der Waals surface area contributed by atoms with E-state index in [0.29, 0.717) is 30.1 Å². The van der Waals surface area contributed by atoms with Crippen LogP contribution in [0.15, 0.2) is 42.5 Å². The first-order valence-electron chi connectivity index (χ1n) is 15.0. The first kappa shape index (κ1) is 30.1. The van der Waals surface area contributed by atoms with E-state index in [-0.39, 0.29) is 11.7 Å². The molecular formula is C33H41F3N4O2. The van der Waals surface area contributed by atoms with Gasteiger partial charge in [-0.15, -0.1) is 0 Å². The van der Waals surface area contributed by atoms with Crippen molar-refractivity contribution in [3.63, 3.8) is 0 Å². The van der Waals surface area contributed by atoms with E-state index in [1.54, 1.807) is 12.1 Å². The lowest BCUT2D eigenvalue weighted by molar-refractivity contribution is -0.137. The zero-order chi connectivity index (χ0) is 30.1. The molecule has 3 saturated heterocycles. The van der Waals surface area contributed by atoms with Crippen LogP contribution in [0.5, 0.6) is 0 Å². The van der Waals surface area contributed by atoms with Crippen molar-refractivity contribution in [3.8, 4) is 6.07 Å². The summed E-state index contributed by atoms with van der Waals surface area (Å²) in [5.74, 6) is 0.371. The van der Waals surface area contributed by atoms with Gasteiger partial charge in [0.2, 0.25) is 0 Å². The van der Waals surface area contributed by atoms with Crippen molar-refractivity contribution in [3.05, 3.63) is 59.2 Å². The number of halogens is 3. The highest BCUT2D eigenvalue weighted by Crippen LogP contribution is 2.43. The number of rotatable bonds is 3. The van der Waals surface area contributed by atoms with Crippen LogP contribution < -0.4 is 9.80 Å². The third kappa shape index (κ3) is 6.79. The molecule has 0 N–H and O–H groups in total. The fourth-order valence-corrected chi connectivity index (χ4v) is 6.72. The number of alkyl halides is 3. The standard InChI is InChI=1S/C33H41F3N4O2/c1-31(2,3)42-30(41)40-20-14-32(15-21-40)12-18-39(19-13-32)27-7-4-24(5-8-27)25-10-16-38(17-11-25)28-9-6-26(23-37)29(22-28)33(34,35)36/h4-9,22,25H,10-21H2,1-3H3. The quantitative estimate of drug-likeness (QED) is 0.374. The third-order valence-corrected chi connectivity index (χ3v) is 9.32. The van der Waals surface area contributed by atoms with Crippen LogP contribution in [-0.4, -0.2) is 55.9 Å². The molecule has 3 heterocycles. The summed E-state index contributed by atoms with van der Waals surface area (Å²) in [4.78, 5) is 18.8. The van der Waals surface area contributed by atoms with Gasteiger partial charge in [0.25, 0.3) is 0 Å². The Morgan fingerprint density at radius 2 is 1.40 bits per heavy atom. The summed E-state index contributed by atoms with van der Waals surface area (Å²) >= 11 is 0. The molecule has 9 heteroatoms. The number of carbonyl (C=O) groups excluding carboxylic acids is 1. The van der Waals surface area contributed by atoms with Gasteiger partial charge in [-0.05, 0) is 107 Å². The SMILES string of the molecule is CC(C)(C)OC(=O)N1CCC2(CC1)CCN(c1ccc(C3CCN(c4ccc(C#N)c(C(F)(F)F)c4)CC3)cc1)CC2. The largest absolute Gasteiger partial charge is 0.444 e. The van der Waals surface area contributed by atoms with Crippen LogP contribution in [-0.2, 0) is 10.9 Å². The van der Waals surface area contributed by atoms with Crippen molar-refractivity contribution in [2.45, 2.75) is 77.0 Å². The number of piperidine rings is 3. The molecule has 6 nitrogen and oxygen atoms in total. The fourth-order valence-electron chi connectivity index (χ4n) is 6.72. The second kappa shape index (κ2) is 11.7. The molecular weight excluding hydrogens is 541 g/mol. The number of nitrogens with zero attached hydrogens (tertiary/aromatic N) is 4. The predicted octanol–water partition coefficient (Wildman–Crippen LogP) is 7.58. The van der Waals surface area contributed by atoms with E-state index < -0.39 is 17.3 Å². The van der Waals surface area contributed by atoms with Crippen LogP contribution in [0.3, 0.4) is 0 Å². The number of anilines is 2. The van der Waals surface area contributed by atoms with Crippen molar-refractivity contribution >= 4 is 17.5 Å². The van der Waals surface area contributed by atoms with Gasteiger partial charge < -0.3 is 19.4 Å². The van der Waals surface area contributed by atoms with Crippen LogP contribution in [0.1, 0.15) is 81.9 Å². The van der Waals surface area contributed by atoms with Crippen molar-refractivity contribution < 1.29 is 22.7 Å². The number of ether oxygens (including phenoxy) is 1. The lowest BCUT2D eigenvalue weighted by atomic mass is 9.71. The summed E-state index contributed by atoms with van der Waals surface area (Å²) in [5.41, 5.74) is 1.66. The summed E-state index contributed by atoms with van der Waals surface area (Å²) < 4.78 is 45.8. The van der Waals surface area contributed by atoms with E-state index in [2.05, 4.69) is 29.2 Å². The van der Waals surface area contributed by atoms with E-state index in [1.165, 1.54) is 17.3 Å². The van der Waals surface area contributed by atoms with Gasteiger partial charge in [0.1, 0.15) is 5.60 Å². The van der Waals surface area contributed by atoms with Crippen LogP contribution in [0, 0.1) is 16.7 Å². The molecule has 1 amide bonds. The Morgan fingerprint density at radius 3 is 1.95 bits per heavy atom. The van der Waals surface area contributed by atoms with Gasteiger partial charge in [-0.3, -0.25) is 0 Å². The maximum Gasteiger partial charge on any atom is 0.417 e. The van der Waals surface area contributed by atoms with Gasteiger partial charge in [-0.25, -0.2) is 4.79 Å². The van der Waals surface area contributed by atoms with Crippen molar-refractivity contribution in [2.24, 2.45) is 5.41 Å². The molecule has 0 aromatic heterocycles. The van der Waals surface area contributed by atoms with Gasteiger partial charge in [0.15, 0.2) is 0 Å². The summed E-state index contributed by atoms with van der Waals surface area (Å²) in [6.07, 6.45) is 1.29. The Hall–Kier alpha value is -3.41. The van der Waals surface area contributed by atoms with Crippen LogP contribution in [0.2, 0.25) is 0 Å². The van der Waals surface area contributed by atoms with Crippen LogP contribution >= 0.6 is 0 Å². The van der Waals surface area contributed by atoms with Crippen molar-refractivity contribution in [2.75, 3.05) is 49.1 Å². The predicted molar refractivity (Wildman–Crippen MR) is 158 cm³/mol. The Balaban J connectivity index is 1.11. The van der Waals surface area contributed by atoms with Crippen molar-refractivity contribution in [1.29, 1.82) is 5.26 Å². The molecule has 0 unspecified atom stereocenters. The summed E-state index contributed by atoms with van der Waals surface area (Å²) in [5, 5.41) is 9.08. The number of benzene rings is 2. The third-order valence-electron chi connectivity index (χ3n) is 9.32. The second-order valence-corrected chi connectivity index (χ2v) is 13.1. The smallest absolute Gasteiger partial charge is 0.417 e. The number of hydrogen-bond donors (Lipinski definition) is 0. The molecule has 0 atom stereocenters. The maximum atomic E-state index is 13.4. The van der Waals surface area contributed by atoms with E-state index >= 15 is 0 Å². The zero-order valence-corrected chi connectivity index (χ0v) is 24.8. The topological polar surface area (TPSA) is 59.8 Å². The van der Waals surface area contributed by atoms with Crippen LogP contribution in [0.4, 0.5) is 29.3 Å². The number of carbonyl (C=O) groups is 1. The maximum absolute atomic E-state index is 13.4. The molecule has 3 aliphatic heterocycles. The summed E-state index contributed by atoms with van der Waals surface area (Å²) in [6, 6.07) is 14.5. The average Bonchev–Trinajstić information content (AvgIpc) is 2.96. The highest BCUT2D eigenvalue weighted by molar-refractivity contribution is 5.68. The molecule has 0 saturated carbocycles. The van der Waals surface area contributed by atoms with E-state index in [4.69, 9.17) is 10.00 Å². The molecule has 5 rings (SSSR count). The van der Waals surface area contributed by atoms with E-state index in [1.807, 2.05) is 30.6 Å². The lowest BCUT2D eigenvalue weighted by Crippen LogP contribution is -2.49. The van der Waals surface area contributed by atoms with Crippen LogP contribution in [0.25, 0.3) is 0 Å². The minimum atomic E-state index is -4.55. The Morgan fingerprint density at radius 1 is 0.857 bits per heavy atom. The second-order valence-electron chi connectivity index (χ2n) is 13.1. The lowest BCUT2D eigenvalue weighted by Gasteiger charge is -2.47. The van der Waals surface area contributed by atoms with Gasteiger partial charge in [-0.2, -0.15) is 18.4 Å². The average molecular weight is 583 g/mol. The molecule has 2 aromatic rings. The molecule has 0 bridgehead atoms. The minimum Gasteiger partial charge on any atom is -0.444 e. The minimum absolute atomic E-state index is 0.203. The monoisotopic (exact) mass is 582 g/mol. The highest BCUT2D eigenvalue weighted by Gasteiger charge is 2.39. The Kier molecular flexibility index (Phi) is 8.37. The molecule has 2 aromatic carbocycles. The normalized spacial score (nSPS) is 20.0. The molecule has 0 radical (unpaired) electrons. The van der Waals surface area contributed by atoms with E-state index in [9.17, 15) is 18.0 Å². The zero-order valence-electron chi connectivity index (χ0n) is 24.8. The summed E-state index contributed by atoms with van der Waals surface area (Å²) in [7, 11) is 0. The molecule has 0 aliphatic carbocycles. The molecule has 1 spiro atoms. The number of amides is 1. The first-order valence-corrected chi connectivity index (χ1v) is 15.0. The number of hydrogen-bond acceptors (Lipinski definition) is 5. The molecule has 226 valence electrons. The number of nitriles is 1. The van der Waals surface area contributed by atoms with Gasteiger partial charge in [0.05, 0.1) is 17.2 Å².